The minimum Gasteiger partial charge on any atom is -0.381 e. The minimum absolute atomic E-state index is 0.232. The third-order valence-electron chi connectivity index (χ3n) is 3.90. The first-order valence-corrected chi connectivity index (χ1v) is 8.90. The van der Waals surface area contributed by atoms with E-state index in [-0.39, 0.29) is 5.82 Å². The van der Waals surface area contributed by atoms with Crippen LogP contribution in [0.2, 0.25) is 0 Å². The van der Waals surface area contributed by atoms with Gasteiger partial charge in [-0.15, -0.1) is 0 Å². The summed E-state index contributed by atoms with van der Waals surface area (Å²) in [5.74, 6) is 1.27. The highest BCUT2D eigenvalue weighted by Crippen LogP contribution is 2.17. The lowest BCUT2D eigenvalue weighted by Crippen LogP contribution is -2.41. The summed E-state index contributed by atoms with van der Waals surface area (Å²) >= 11 is 3.22. The van der Waals surface area contributed by atoms with Gasteiger partial charge in [0.2, 0.25) is 0 Å². The van der Waals surface area contributed by atoms with Crippen LogP contribution in [0, 0.1) is 11.7 Å². The Kier molecular flexibility index (Phi) is 7.30. The number of guanidine groups is 1. The van der Waals surface area contributed by atoms with E-state index in [1.165, 1.54) is 6.07 Å². The van der Waals surface area contributed by atoms with Crippen molar-refractivity contribution < 1.29 is 9.13 Å². The average molecular weight is 386 g/mol. The molecule has 0 aromatic heterocycles. The molecule has 23 heavy (non-hydrogen) atoms. The Bertz CT molecular complexity index is 533. The molecule has 2 rings (SSSR count). The first-order chi connectivity index (χ1) is 11.1. The fourth-order valence-electron chi connectivity index (χ4n) is 2.66. The van der Waals surface area contributed by atoms with Crippen molar-refractivity contribution in [2.24, 2.45) is 10.9 Å². The van der Waals surface area contributed by atoms with Gasteiger partial charge in [0, 0.05) is 39.2 Å². The van der Waals surface area contributed by atoms with Crippen molar-refractivity contribution in [2.75, 3.05) is 39.9 Å². The van der Waals surface area contributed by atoms with Gasteiger partial charge in [-0.2, -0.15) is 0 Å². The molecule has 0 radical (unpaired) electrons. The van der Waals surface area contributed by atoms with Gasteiger partial charge in [0.25, 0.3) is 0 Å². The van der Waals surface area contributed by atoms with Crippen LogP contribution in [0.1, 0.15) is 18.9 Å². The van der Waals surface area contributed by atoms with E-state index in [2.05, 4.69) is 45.1 Å². The van der Waals surface area contributed by atoms with Gasteiger partial charge < -0.3 is 15.0 Å². The zero-order chi connectivity index (χ0) is 16.7. The third kappa shape index (κ3) is 5.77. The number of nitrogens with zero attached hydrogens (tertiary/aromatic N) is 2. The van der Waals surface area contributed by atoms with E-state index in [0.29, 0.717) is 16.9 Å². The lowest BCUT2D eigenvalue weighted by molar-refractivity contribution is 0.181. The summed E-state index contributed by atoms with van der Waals surface area (Å²) in [4.78, 5) is 6.85. The average Bonchev–Trinajstić information content (AvgIpc) is 3.03. The van der Waals surface area contributed by atoms with E-state index < -0.39 is 0 Å². The van der Waals surface area contributed by atoms with E-state index in [4.69, 9.17) is 4.74 Å². The molecule has 1 heterocycles. The molecule has 1 unspecified atom stereocenters. The molecule has 0 bridgehead atoms. The number of benzene rings is 1. The van der Waals surface area contributed by atoms with Crippen LogP contribution in [0.3, 0.4) is 0 Å². The summed E-state index contributed by atoms with van der Waals surface area (Å²) in [7, 11) is 2.06. The fourth-order valence-corrected chi connectivity index (χ4v) is 3.08. The second kappa shape index (κ2) is 9.23. The summed E-state index contributed by atoms with van der Waals surface area (Å²) in [6, 6.07) is 5.11. The number of rotatable bonds is 6. The topological polar surface area (TPSA) is 36.9 Å². The van der Waals surface area contributed by atoms with Crippen LogP contribution in [0.5, 0.6) is 0 Å². The van der Waals surface area contributed by atoms with E-state index in [0.717, 1.165) is 50.7 Å². The summed E-state index contributed by atoms with van der Waals surface area (Å²) in [6.45, 7) is 6.24. The van der Waals surface area contributed by atoms with Crippen molar-refractivity contribution in [3.05, 3.63) is 34.1 Å². The number of nitrogens with one attached hydrogen (secondary N) is 1. The van der Waals surface area contributed by atoms with E-state index in [9.17, 15) is 4.39 Å². The Labute approximate surface area is 146 Å². The Hall–Kier alpha value is -1.14. The Balaban J connectivity index is 1.90. The second-order valence-corrected chi connectivity index (χ2v) is 6.70. The smallest absolute Gasteiger partial charge is 0.193 e. The Morgan fingerprint density at radius 1 is 1.52 bits per heavy atom. The van der Waals surface area contributed by atoms with Gasteiger partial charge in [-0.05, 0) is 53.4 Å². The number of ether oxygens (including phenoxy) is 1. The van der Waals surface area contributed by atoms with Crippen LogP contribution in [0.4, 0.5) is 4.39 Å². The van der Waals surface area contributed by atoms with Crippen molar-refractivity contribution in [1.82, 2.24) is 10.2 Å². The van der Waals surface area contributed by atoms with Gasteiger partial charge in [0.1, 0.15) is 5.82 Å². The predicted molar refractivity (Wildman–Crippen MR) is 95.3 cm³/mol. The molecule has 1 fully saturated rings. The fraction of sp³-hybridized carbons (Fsp3) is 0.588. The molecule has 1 saturated heterocycles. The Morgan fingerprint density at radius 3 is 3.00 bits per heavy atom. The van der Waals surface area contributed by atoms with Gasteiger partial charge >= 0.3 is 0 Å². The largest absolute Gasteiger partial charge is 0.381 e. The van der Waals surface area contributed by atoms with Crippen molar-refractivity contribution in [3.63, 3.8) is 0 Å². The second-order valence-electron chi connectivity index (χ2n) is 5.84. The molecule has 0 amide bonds. The summed E-state index contributed by atoms with van der Waals surface area (Å²) in [6.07, 6.45) is 1.90. The molecule has 1 aliphatic rings. The van der Waals surface area contributed by atoms with E-state index in [1.54, 1.807) is 0 Å². The lowest BCUT2D eigenvalue weighted by Gasteiger charge is -2.24. The SMILES string of the molecule is CCNC(=NCCc1ccc(F)c(Br)c1)N(C)CC1CCOC1. The molecule has 1 aliphatic heterocycles. The lowest BCUT2D eigenvalue weighted by atomic mass is 10.1. The molecule has 1 atom stereocenters. The highest BCUT2D eigenvalue weighted by atomic mass is 79.9. The molecule has 0 aliphatic carbocycles. The first kappa shape index (κ1) is 18.2. The standard InChI is InChI=1S/C17H25BrFN3O/c1-3-20-17(22(2)11-14-7-9-23-12-14)21-8-6-13-4-5-16(19)15(18)10-13/h4-5,10,14H,3,6-9,11-12H2,1-2H3,(H,20,21). The molecule has 1 N–H and O–H groups in total. The molecule has 6 heteroatoms. The van der Waals surface area contributed by atoms with E-state index in [1.807, 2.05) is 12.1 Å². The molecule has 1 aromatic carbocycles. The van der Waals surface area contributed by atoms with Crippen molar-refractivity contribution in [3.8, 4) is 0 Å². The highest BCUT2D eigenvalue weighted by molar-refractivity contribution is 9.10. The molecular weight excluding hydrogens is 361 g/mol. The number of aliphatic imine (C=N–C) groups is 1. The normalized spacial score (nSPS) is 18.3. The Morgan fingerprint density at radius 2 is 2.35 bits per heavy atom. The molecule has 128 valence electrons. The maximum atomic E-state index is 13.2. The maximum absolute atomic E-state index is 13.2. The van der Waals surface area contributed by atoms with Gasteiger partial charge in [-0.1, -0.05) is 6.07 Å². The summed E-state index contributed by atoms with van der Waals surface area (Å²) in [5, 5.41) is 3.33. The van der Waals surface area contributed by atoms with Crippen molar-refractivity contribution in [1.29, 1.82) is 0 Å². The van der Waals surface area contributed by atoms with Crippen LogP contribution in [0.25, 0.3) is 0 Å². The minimum atomic E-state index is -0.232. The number of hydrogen-bond acceptors (Lipinski definition) is 2. The zero-order valence-corrected chi connectivity index (χ0v) is 15.4. The van der Waals surface area contributed by atoms with Crippen LogP contribution in [-0.4, -0.2) is 50.8 Å². The van der Waals surface area contributed by atoms with E-state index >= 15 is 0 Å². The van der Waals surface area contributed by atoms with Crippen LogP contribution in [-0.2, 0) is 11.2 Å². The molecule has 0 spiro atoms. The third-order valence-corrected chi connectivity index (χ3v) is 4.51. The maximum Gasteiger partial charge on any atom is 0.193 e. The van der Waals surface area contributed by atoms with Crippen LogP contribution < -0.4 is 5.32 Å². The van der Waals surface area contributed by atoms with Gasteiger partial charge in [0.05, 0.1) is 11.1 Å². The highest BCUT2D eigenvalue weighted by Gasteiger charge is 2.18. The molecule has 4 nitrogen and oxygen atoms in total. The number of halogens is 2. The predicted octanol–water partition coefficient (Wildman–Crippen LogP) is 3.06. The summed E-state index contributed by atoms with van der Waals surface area (Å²) < 4.78 is 19.2. The van der Waals surface area contributed by atoms with Gasteiger partial charge in [-0.25, -0.2) is 4.39 Å². The number of hydrogen-bond donors (Lipinski definition) is 1. The first-order valence-electron chi connectivity index (χ1n) is 8.11. The van der Waals surface area contributed by atoms with Crippen LogP contribution >= 0.6 is 15.9 Å². The van der Waals surface area contributed by atoms with Gasteiger partial charge in [-0.3, -0.25) is 4.99 Å². The van der Waals surface area contributed by atoms with Crippen molar-refractivity contribution in [2.45, 2.75) is 19.8 Å². The summed E-state index contributed by atoms with van der Waals surface area (Å²) in [5.41, 5.74) is 1.07. The quantitative estimate of drug-likeness (QED) is 0.603. The molecular formula is C17H25BrFN3O. The monoisotopic (exact) mass is 385 g/mol. The zero-order valence-electron chi connectivity index (χ0n) is 13.8. The van der Waals surface area contributed by atoms with Crippen LogP contribution in [0.15, 0.2) is 27.7 Å². The molecule has 0 saturated carbocycles. The van der Waals surface area contributed by atoms with Crippen molar-refractivity contribution >= 4 is 21.9 Å². The molecule has 1 aromatic rings. The van der Waals surface area contributed by atoms with Gasteiger partial charge in [0.15, 0.2) is 5.96 Å².